The fraction of sp³-hybridized carbons (Fsp3) is 0.500. The molecule has 0 aromatic heterocycles. The summed E-state index contributed by atoms with van der Waals surface area (Å²) in [5, 5.41) is 0. The van der Waals surface area contributed by atoms with Crippen molar-refractivity contribution in [3.05, 3.63) is 19.1 Å². The zero-order valence-corrected chi connectivity index (χ0v) is 6.05. The molecule has 0 saturated carbocycles. The van der Waals surface area contributed by atoms with Gasteiger partial charge in [-0.15, -0.1) is 0 Å². The quantitative estimate of drug-likeness (QED) is 0.522. The predicted molar refractivity (Wildman–Crippen MR) is 40.6 cm³/mol. The van der Waals surface area contributed by atoms with Crippen LogP contribution in [0.25, 0.3) is 0 Å². The summed E-state index contributed by atoms with van der Waals surface area (Å²) in [7, 11) is 0. The van der Waals surface area contributed by atoms with Crippen molar-refractivity contribution in [2.45, 2.75) is 6.42 Å². The highest BCUT2D eigenvalue weighted by atomic mass is 16.1. The number of hydrogen-bond acceptors (Lipinski definition) is 2. The summed E-state index contributed by atoms with van der Waals surface area (Å²) in [6.45, 7) is 5.73. The lowest BCUT2D eigenvalue weighted by atomic mass is 10.2. The molecule has 1 radical (unpaired) electrons. The lowest BCUT2D eigenvalue weighted by molar-refractivity contribution is -0.115. The Morgan fingerprint density at radius 2 is 2.40 bits per heavy atom. The zero-order chi connectivity index (χ0) is 7.40. The Labute approximate surface area is 61.5 Å². The number of carbonyl (C=O) groups excluding carboxylic acids is 1. The molecule has 0 atom stereocenters. The minimum atomic E-state index is 0.00954. The molecule has 0 bridgehead atoms. The molecule has 0 aromatic rings. The maximum Gasteiger partial charge on any atom is 0.147 e. The molecule has 1 heterocycles. The first kappa shape index (κ1) is 7.48. The summed E-state index contributed by atoms with van der Waals surface area (Å²) in [6, 6.07) is 0. The SMILES string of the molecule is [CH2]C(=O)CN1CC=CCC1. The third-order valence-electron chi connectivity index (χ3n) is 1.54. The minimum absolute atomic E-state index is 0.00954. The van der Waals surface area contributed by atoms with Gasteiger partial charge in [-0.1, -0.05) is 12.2 Å². The minimum Gasteiger partial charge on any atom is -0.298 e. The molecule has 0 unspecified atom stereocenters. The van der Waals surface area contributed by atoms with Crippen LogP contribution in [0, 0.1) is 6.92 Å². The van der Waals surface area contributed by atoms with E-state index in [0.717, 1.165) is 19.5 Å². The van der Waals surface area contributed by atoms with Crippen LogP contribution in [0.2, 0.25) is 0 Å². The third-order valence-corrected chi connectivity index (χ3v) is 1.54. The third kappa shape index (κ3) is 2.31. The van der Waals surface area contributed by atoms with E-state index < -0.39 is 0 Å². The number of carbonyl (C=O) groups is 1. The van der Waals surface area contributed by atoms with E-state index in [1.807, 2.05) is 0 Å². The van der Waals surface area contributed by atoms with Crippen molar-refractivity contribution in [1.82, 2.24) is 4.90 Å². The number of ketones is 1. The van der Waals surface area contributed by atoms with Gasteiger partial charge in [-0.2, -0.15) is 0 Å². The fourth-order valence-electron chi connectivity index (χ4n) is 1.08. The molecule has 0 spiro atoms. The molecule has 1 aliphatic heterocycles. The second kappa shape index (κ2) is 3.52. The highest BCUT2D eigenvalue weighted by Gasteiger charge is 2.06. The fourth-order valence-corrected chi connectivity index (χ4v) is 1.08. The topological polar surface area (TPSA) is 20.3 Å². The van der Waals surface area contributed by atoms with E-state index in [4.69, 9.17) is 0 Å². The van der Waals surface area contributed by atoms with Crippen LogP contribution in [0.4, 0.5) is 0 Å². The Hall–Kier alpha value is -0.630. The maximum absolute atomic E-state index is 10.5. The van der Waals surface area contributed by atoms with Gasteiger partial charge in [0.2, 0.25) is 0 Å². The summed E-state index contributed by atoms with van der Waals surface area (Å²) < 4.78 is 0. The largest absolute Gasteiger partial charge is 0.298 e. The Balaban J connectivity index is 2.28. The lowest BCUT2D eigenvalue weighted by Crippen LogP contribution is -2.31. The second-order valence-corrected chi connectivity index (χ2v) is 2.53. The first-order chi connectivity index (χ1) is 4.79. The van der Waals surface area contributed by atoms with Crippen molar-refractivity contribution in [2.75, 3.05) is 19.6 Å². The van der Waals surface area contributed by atoms with E-state index in [2.05, 4.69) is 24.0 Å². The Kier molecular flexibility index (Phi) is 2.63. The molecule has 2 nitrogen and oxygen atoms in total. The molecule has 0 fully saturated rings. The van der Waals surface area contributed by atoms with E-state index in [1.165, 1.54) is 0 Å². The van der Waals surface area contributed by atoms with Crippen LogP contribution < -0.4 is 0 Å². The highest BCUT2D eigenvalue weighted by Crippen LogP contribution is 1.99. The summed E-state index contributed by atoms with van der Waals surface area (Å²) in [5.41, 5.74) is 0. The van der Waals surface area contributed by atoms with E-state index in [1.54, 1.807) is 0 Å². The molecule has 2 heteroatoms. The van der Waals surface area contributed by atoms with E-state index in [9.17, 15) is 4.79 Å². The van der Waals surface area contributed by atoms with Crippen LogP contribution >= 0.6 is 0 Å². The van der Waals surface area contributed by atoms with E-state index >= 15 is 0 Å². The maximum atomic E-state index is 10.5. The van der Waals surface area contributed by atoms with E-state index in [-0.39, 0.29) is 5.78 Å². The first-order valence-electron chi connectivity index (χ1n) is 3.51. The zero-order valence-electron chi connectivity index (χ0n) is 6.05. The van der Waals surface area contributed by atoms with E-state index in [0.29, 0.717) is 6.54 Å². The molecule has 1 aliphatic rings. The molecule has 1 rings (SSSR count). The summed E-state index contributed by atoms with van der Waals surface area (Å²) >= 11 is 0. The van der Waals surface area contributed by atoms with Crippen molar-refractivity contribution >= 4 is 5.78 Å². The van der Waals surface area contributed by atoms with Gasteiger partial charge in [0.25, 0.3) is 0 Å². The van der Waals surface area contributed by atoms with Gasteiger partial charge in [-0.3, -0.25) is 9.69 Å². The summed E-state index contributed by atoms with van der Waals surface area (Å²) in [5.74, 6) is 0.00954. The van der Waals surface area contributed by atoms with Gasteiger partial charge in [0.05, 0.1) is 6.54 Å². The molecule has 0 N–H and O–H groups in total. The van der Waals surface area contributed by atoms with Gasteiger partial charge in [-0.25, -0.2) is 0 Å². The number of nitrogens with zero attached hydrogens (tertiary/aromatic N) is 1. The molecule has 0 saturated heterocycles. The van der Waals surface area contributed by atoms with Crippen LogP contribution in [0.1, 0.15) is 6.42 Å². The van der Waals surface area contributed by atoms with Gasteiger partial charge in [0.1, 0.15) is 5.78 Å². The Bertz CT molecular complexity index is 151. The average Bonchev–Trinajstić information content (AvgIpc) is 1.88. The molecule has 55 valence electrons. The lowest BCUT2D eigenvalue weighted by Gasteiger charge is -2.20. The Morgan fingerprint density at radius 3 is 2.90 bits per heavy atom. The van der Waals surface area contributed by atoms with Gasteiger partial charge < -0.3 is 0 Å². The van der Waals surface area contributed by atoms with Gasteiger partial charge in [0.15, 0.2) is 0 Å². The van der Waals surface area contributed by atoms with Gasteiger partial charge in [-0.05, 0) is 6.42 Å². The van der Waals surface area contributed by atoms with Crippen molar-refractivity contribution in [3.8, 4) is 0 Å². The van der Waals surface area contributed by atoms with Crippen LogP contribution in [0.5, 0.6) is 0 Å². The molecule has 0 amide bonds. The molecule has 0 aliphatic carbocycles. The first-order valence-corrected chi connectivity index (χ1v) is 3.51. The van der Waals surface area contributed by atoms with Crippen LogP contribution in [-0.4, -0.2) is 30.3 Å². The smallest absolute Gasteiger partial charge is 0.147 e. The highest BCUT2D eigenvalue weighted by molar-refractivity contribution is 5.84. The molecule has 0 aromatic carbocycles. The predicted octanol–water partition coefficient (Wildman–Crippen LogP) is 0.651. The number of hydrogen-bond donors (Lipinski definition) is 0. The van der Waals surface area contributed by atoms with Crippen molar-refractivity contribution in [3.63, 3.8) is 0 Å². The number of Topliss-reactive ketones (excluding diaryl/α,β-unsaturated/α-hetero) is 1. The summed E-state index contributed by atoms with van der Waals surface area (Å²) in [4.78, 5) is 12.6. The monoisotopic (exact) mass is 138 g/mol. The standard InChI is InChI=1S/C8H12NO/c1-8(10)7-9-5-3-2-4-6-9/h2-3H,1,4-7H2. The van der Waals surface area contributed by atoms with Gasteiger partial charge >= 0.3 is 0 Å². The molecule has 10 heavy (non-hydrogen) atoms. The van der Waals surface area contributed by atoms with Gasteiger partial charge in [0, 0.05) is 20.0 Å². The number of rotatable bonds is 2. The van der Waals surface area contributed by atoms with Crippen molar-refractivity contribution in [1.29, 1.82) is 0 Å². The Morgan fingerprint density at radius 1 is 1.60 bits per heavy atom. The average molecular weight is 138 g/mol. The second-order valence-electron chi connectivity index (χ2n) is 2.53. The van der Waals surface area contributed by atoms with Crippen LogP contribution in [0.15, 0.2) is 12.2 Å². The normalized spacial score (nSPS) is 19.3. The molecular weight excluding hydrogens is 126 g/mol. The van der Waals surface area contributed by atoms with Crippen molar-refractivity contribution < 1.29 is 4.79 Å². The molecular formula is C8H12NO. The van der Waals surface area contributed by atoms with Crippen LogP contribution in [-0.2, 0) is 4.79 Å². The van der Waals surface area contributed by atoms with Crippen LogP contribution in [0.3, 0.4) is 0 Å². The summed E-state index contributed by atoms with van der Waals surface area (Å²) in [6.07, 6.45) is 5.30. The van der Waals surface area contributed by atoms with Crippen molar-refractivity contribution in [2.24, 2.45) is 0 Å².